The molecule has 2 aromatic carbocycles. The second kappa shape index (κ2) is 8.19. The number of morpholine rings is 1. The van der Waals surface area contributed by atoms with E-state index in [1.54, 1.807) is 0 Å². The van der Waals surface area contributed by atoms with Gasteiger partial charge in [0.2, 0.25) is 5.91 Å². The van der Waals surface area contributed by atoms with Crippen LogP contribution < -0.4 is 19.7 Å². The van der Waals surface area contributed by atoms with Crippen molar-refractivity contribution in [1.82, 2.24) is 0 Å². The molecule has 2 aromatic rings. The lowest BCUT2D eigenvalue weighted by atomic mass is 10.1. The lowest BCUT2D eigenvalue weighted by molar-refractivity contribution is -0.115. The number of carbonyl (C=O) groups is 1. The van der Waals surface area contributed by atoms with Gasteiger partial charge in [0.25, 0.3) is 0 Å². The Bertz CT molecular complexity index is 837. The zero-order chi connectivity index (χ0) is 18.6. The minimum atomic E-state index is -0.0701. The molecule has 0 atom stereocenters. The van der Waals surface area contributed by atoms with Crippen LogP contribution in [-0.2, 0) is 16.0 Å². The number of nitrogens with one attached hydrogen (secondary N) is 1. The summed E-state index contributed by atoms with van der Waals surface area (Å²) in [6.07, 6.45) is 0.270. The normalized spacial score (nSPS) is 16.1. The molecule has 27 heavy (non-hydrogen) atoms. The van der Waals surface area contributed by atoms with E-state index < -0.39 is 0 Å². The van der Waals surface area contributed by atoms with E-state index in [9.17, 15) is 4.79 Å². The SMILES string of the molecule is O=C(Cc1ccc2c(c1)OCCO2)Nc1cc(Br)ccc1N1CCOCC1. The van der Waals surface area contributed by atoms with Gasteiger partial charge in [-0.25, -0.2) is 0 Å². The second-order valence-corrected chi connectivity index (χ2v) is 7.38. The van der Waals surface area contributed by atoms with E-state index >= 15 is 0 Å². The van der Waals surface area contributed by atoms with Gasteiger partial charge in [-0.1, -0.05) is 22.0 Å². The van der Waals surface area contributed by atoms with Gasteiger partial charge in [-0.3, -0.25) is 4.79 Å². The van der Waals surface area contributed by atoms with Gasteiger partial charge in [0.1, 0.15) is 13.2 Å². The molecule has 2 aliphatic heterocycles. The smallest absolute Gasteiger partial charge is 0.228 e. The predicted molar refractivity (Wildman–Crippen MR) is 107 cm³/mol. The third kappa shape index (κ3) is 4.36. The maximum atomic E-state index is 12.7. The van der Waals surface area contributed by atoms with Crippen molar-refractivity contribution in [2.75, 3.05) is 49.7 Å². The average Bonchev–Trinajstić information content (AvgIpc) is 2.68. The van der Waals surface area contributed by atoms with Crippen molar-refractivity contribution in [3.05, 3.63) is 46.4 Å². The highest BCUT2D eigenvalue weighted by Gasteiger charge is 2.18. The van der Waals surface area contributed by atoms with Crippen LogP contribution in [0.15, 0.2) is 40.9 Å². The molecule has 0 unspecified atom stereocenters. The van der Waals surface area contributed by atoms with Crippen LogP contribution in [0.4, 0.5) is 11.4 Å². The van der Waals surface area contributed by atoms with Gasteiger partial charge in [-0.05, 0) is 35.9 Å². The van der Waals surface area contributed by atoms with E-state index in [-0.39, 0.29) is 12.3 Å². The summed E-state index contributed by atoms with van der Waals surface area (Å²) in [7, 11) is 0. The molecular formula is C20H21BrN2O4. The Morgan fingerprint density at radius 2 is 1.78 bits per heavy atom. The molecule has 1 N–H and O–H groups in total. The Hall–Kier alpha value is -2.25. The lowest BCUT2D eigenvalue weighted by Gasteiger charge is -2.30. The first-order chi connectivity index (χ1) is 13.2. The fourth-order valence-corrected chi connectivity index (χ4v) is 3.63. The van der Waals surface area contributed by atoms with E-state index in [1.807, 2.05) is 36.4 Å². The minimum Gasteiger partial charge on any atom is -0.486 e. The molecule has 0 aromatic heterocycles. The van der Waals surface area contributed by atoms with Gasteiger partial charge in [-0.2, -0.15) is 0 Å². The Labute approximate surface area is 166 Å². The number of anilines is 2. The molecular weight excluding hydrogens is 412 g/mol. The molecule has 0 radical (unpaired) electrons. The first-order valence-corrected chi connectivity index (χ1v) is 9.79. The molecule has 0 aliphatic carbocycles. The molecule has 0 bridgehead atoms. The molecule has 1 saturated heterocycles. The number of hydrogen-bond donors (Lipinski definition) is 1. The summed E-state index contributed by atoms with van der Waals surface area (Å²) >= 11 is 3.49. The van der Waals surface area contributed by atoms with Crippen molar-refractivity contribution >= 4 is 33.2 Å². The van der Waals surface area contributed by atoms with Crippen LogP contribution in [0.1, 0.15) is 5.56 Å². The summed E-state index contributed by atoms with van der Waals surface area (Å²) in [4.78, 5) is 14.9. The van der Waals surface area contributed by atoms with Crippen molar-refractivity contribution in [3.8, 4) is 11.5 Å². The fraction of sp³-hybridized carbons (Fsp3) is 0.350. The first-order valence-electron chi connectivity index (χ1n) is 9.00. The number of carbonyl (C=O) groups excluding carboxylic acids is 1. The van der Waals surface area contributed by atoms with Crippen molar-refractivity contribution in [1.29, 1.82) is 0 Å². The highest BCUT2D eigenvalue weighted by Crippen LogP contribution is 2.32. The molecule has 2 heterocycles. The standard InChI is InChI=1S/C20H21BrN2O4/c21-15-2-3-17(23-5-7-25-8-6-23)16(13-15)22-20(24)12-14-1-4-18-19(11-14)27-10-9-26-18/h1-4,11,13H,5-10,12H2,(H,22,24). The second-order valence-electron chi connectivity index (χ2n) is 6.46. The van der Waals surface area contributed by atoms with Crippen LogP contribution in [-0.4, -0.2) is 45.4 Å². The third-order valence-electron chi connectivity index (χ3n) is 4.56. The number of halogens is 1. The summed E-state index contributed by atoms with van der Waals surface area (Å²) < 4.78 is 17.5. The fourth-order valence-electron chi connectivity index (χ4n) is 3.27. The van der Waals surface area contributed by atoms with Crippen molar-refractivity contribution in [2.45, 2.75) is 6.42 Å². The van der Waals surface area contributed by atoms with Crippen LogP contribution in [0.2, 0.25) is 0 Å². The Balaban J connectivity index is 1.48. The zero-order valence-electron chi connectivity index (χ0n) is 14.9. The quantitative estimate of drug-likeness (QED) is 0.803. The van der Waals surface area contributed by atoms with Crippen LogP contribution in [0, 0.1) is 0 Å². The topological polar surface area (TPSA) is 60.0 Å². The number of amides is 1. The number of rotatable bonds is 4. The van der Waals surface area contributed by atoms with E-state index in [4.69, 9.17) is 14.2 Å². The number of benzene rings is 2. The molecule has 1 fully saturated rings. The molecule has 6 nitrogen and oxygen atoms in total. The summed E-state index contributed by atoms with van der Waals surface area (Å²) in [5, 5.41) is 3.05. The third-order valence-corrected chi connectivity index (χ3v) is 5.05. The Morgan fingerprint density at radius 1 is 1.00 bits per heavy atom. The van der Waals surface area contributed by atoms with Crippen molar-refractivity contribution < 1.29 is 19.0 Å². The lowest BCUT2D eigenvalue weighted by Crippen LogP contribution is -2.36. The van der Waals surface area contributed by atoms with E-state index in [0.29, 0.717) is 32.2 Å². The highest BCUT2D eigenvalue weighted by atomic mass is 79.9. The van der Waals surface area contributed by atoms with Gasteiger partial charge >= 0.3 is 0 Å². The van der Waals surface area contributed by atoms with Gasteiger partial charge in [-0.15, -0.1) is 0 Å². The zero-order valence-corrected chi connectivity index (χ0v) is 16.5. The summed E-state index contributed by atoms with van der Waals surface area (Å²) in [6.45, 7) is 4.10. The van der Waals surface area contributed by atoms with Crippen LogP contribution in [0.3, 0.4) is 0 Å². The monoisotopic (exact) mass is 432 g/mol. The van der Waals surface area contributed by atoms with Gasteiger partial charge in [0.15, 0.2) is 11.5 Å². The highest BCUT2D eigenvalue weighted by molar-refractivity contribution is 9.10. The number of nitrogens with zero attached hydrogens (tertiary/aromatic N) is 1. The van der Waals surface area contributed by atoms with E-state index in [2.05, 4.69) is 26.1 Å². The Morgan fingerprint density at radius 3 is 2.59 bits per heavy atom. The molecule has 4 rings (SSSR count). The molecule has 142 valence electrons. The summed E-state index contributed by atoms with van der Waals surface area (Å²) in [5.41, 5.74) is 2.70. The van der Waals surface area contributed by atoms with Gasteiger partial charge < -0.3 is 24.4 Å². The first kappa shape index (κ1) is 18.1. The number of fused-ring (bicyclic) bond motifs is 1. The van der Waals surface area contributed by atoms with Crippen LogP contribution >= 0.6 is 15.9 Å². The Kier molecular flexibility index (Phi) is 5.50. The predicted octanol–water partition coefficient (Wildman–Crippen LogP) is 3.24. The molecule has 1 amide bonds. The molecule has 0 saturated carbocycles. The van der Waals surface area contributed by atoms with E-state index in [0.717, 1.165) is 40.2 Å². The maximum absolute atomic E-state index is 12.7. The molecule has 7 heteroatoms. The minimum absolute atomic E-state index is 0.0701. The number of hydrogen-bond acceptors (Lipinski definition) is 5. The van der Waals surface area contributed by atoms with Crippen molar-refractivity contribution in [2.24, 2.45) is 0 Å². The average molecular weight is 433 g/mol. The molecule has 0 spiro atoms. The van der Waals surface area contributed by atoms with Crippen LogP contribution in [0.5, 0.6) is 11.5 Å². The molecule has 2 aliphatic rings. The largest absolute Gasteiger partial charge is 0.486 e. The van der Waals surface area contributed by atoms with Gasteiger partial charge in [0, 0.05) is 17.6 Å². The van der Waals surface area contributed by atoms with Crippen molar-refractivity contribution in [3.63, 3.8) is 0 Å². The summed E-state index contributed by atoms with van der Waals surface area (Å²) in [5.74, 6) is 1.36. The summed E-state index contributed by atoms with van der Waals surface area (Å²) in [6, 6.07) is 11.6. The van der Waals surface area contributed by atoms with Crippen LogP contribution in [0.25, 0.3) is 0 Å². The maximum Gasteiger partial charge on any atom is 0.228 e. The van der Waals surface area contributed by atoms with E-state index in [1.165, 1.54) is 0 Å². The number of ether oxygens (including phenoxy) is 3. The van der Waals surface area contributed by atoms with Gasteiger partial charge in [0.05, 0.1) is 31.0 Å².